The number of hydrogen-bond donors (Lipinski definition) is 1. The van der Waals surface area contributed by atoms with Crippen LogP contribution in [0.4, 0.5) is 5.69 Å². The monoisotopic (exact) mass is 335 g/mol. The molecule has 1 atom stereocenters. The molecule has 23 heavy (non-hydrogen) atoms. The quantitative estimate of drug-likeness (QED) is 0.848. The van der Waals surface area contributed by atoms with Gasteiger partial charge in [0.25, 0.3) is 0 Å². The van der Waals surface area contributed by atoms with Crippen LogP contribution in [0.5, 0.6) is 0 Å². The van der Waals surface area contributed by atoms with Gasteiger partial charge < -0.3 is 5.32 Å². The van der Waals surface area contributed by atoms with E-state index in [-0.39, 0.29) is 23.5 Å². The van der Waals surface area contributed by atoms with E-state index in [1.807, 2.05) is 13.0 Å². The normalized spacial score (nSPS) is 19.4. The standard InChI is InChI=1S/C16H21N3O3S/c1-2-19(15-8-10-23(21,22)12-15)9-7-16(20)18-14-5-3-13(11-17)4-6-14/h3-6,15H,2,7-10,12H2,1H3,(H,18,20). The van der Waals surface area contributed by atoms with Crippen LogP contribution in [0.3, 0.4) is 0 Å². The average Bonchev–Trinajstić information content (AvgIpc) is 2.88. The van der Waals surface area contributed by atoms with E-state index in [1.165, 1.54) is 0 Å². The van der Waals surface area contributed by atoms with Crippen molar-refractivity contribution in [2.75, 3.05) is 29.9 Å². The minimum absolute atomic E-state index is 0.0210. The van der Waals surface area contributed by atoms with Gasteiger partial charge in [-0.25, -0.2) is 8.42 Å². The lowest BCUT2D eigenvalue weighted by atomic mass is 10.2. The number of nitrogens with one attached hydrogen (secondary N) is 1. The zero-order chi connectivity index (χ0) is 16.9. The molecule has 0 spiro atoms. The first-order valence-electron chi connectivity index (χ1n) is 7.68. The van der Waals surface area contributed by atoms with Crippen molar-refractivity contribution in [2.24, 2.45) is 0 Å². The second kappa shape index (κ2) is 7.57. The lowest BCUT2D eigenvalue weighted by Crippen LogP contribution is -2.38. The van der Waals surface area contributed by atoms with Gasteiger partial charge in [0.1, 0.15) is 0 Å². The number of sulfone groups is 1. The van der Waals surface area contributed by atoms with Gasteiger partial charge in [-0.05, 0) is 37.2 Å². The first-order chi connectivity index (χ1) is 10.9. The van der Waals surface area contributed by atoms with Crippen LogP contribution in [0.2, 0.25) is 0 Å². The fourth-order valence-corrected chi connectivity index (χ4v) is 4.52. The summed E-state index contributed by atoms with van der Waals surface area (Å²) in [6.07, 6.45) is 0.956. The van der Waals surface area contributed by atoms with Gasteiger partial charge in [0, 0.05) is 24.7 Å². The second-order valence-corrected chi connectivity index (χ2v) is 7.90. The second-order valence-electron chi connectivity index (χ2n) is 5.67. The average molecular weight is 335 g/mol. The first-order valence-corrected chi connectivity index (χ1v) is 9.50. The maximum Gasteiger partial charge on any atom is 0.225 e. The molecule has 1 aromatic rings. The van der Waals surface area contributed by atoms with E-state index in [4.69, 9.17) is 5.26 Å². The zero-order valence-electron chi connectivity index (χ0n) is 13.2. The third-order valence-corrected chi connectivity index (χ3v) is 5.81. The first kappa shape index (κ1) is 17.4. The summed E-state index contributed by atoms with van der Waals surface area (Å²) in [6, 6.07) is 8.73. The fraction of sp³-hybridized carbons (Fsp3) is 0.500. The van der Waals surface area contributed by atoms with Gasteiger partial charge in [-0.1, -0.05) is 6.92 Å². The summed E-state index contributed by atoms with van der Waals surface area (Å²) in [5, 5.41) is 11.5. The smallest absolute Gasteiger partial charge is 0.225 e. The van der Waals surface area contributed by atoms with Gasteiger partial charge >= 0.3 is 0 Å². The summed E-state index contributed by atoms with van der Waals surface area (Å²) in [7, 11) is -2.91. The van der Waals surface area contributed by atoms with Crippen LogP contribution < -0.4 is 5.32 Å². The number of nitriles is 1. The molecular formula is C16H21N3O3S. The minimum Gasteiger partial charge on any atom is -0.326 e. The van der Waals surface area contributed by atoms with E-state index in [0.29, 0.717) is 30.6 Å². The lowest BCUT2D eigenvalue weighted by Gasteiger charge is -2.26. The predicted molar refractivity (Wildman–Crippen MR) is 88.7 cm³/mol. The molecule has 124 valence electrons. The number of carbonyl (C=O) groups is 1. The lowest BCUT2D eigenvalue weighted by molar-refractivity contribution is -0.116. The van der Waals surface area contributed by atoms with Crippen molar-refractivity contribution in [1.29, 1.82) is 5.26 Å². The van der Waals surface area contributed by atoms with Crippen LogP contribution in [-0.4, -0.2) is 49.9 Å². The number of rotatable bonds is 6. The maximum atomic E-state index is 12.0. The van der Waals surface area contributed by atoms with Gasteiger partial charge in [-0.2, -0.15) is 5.26 Å². The Morgan fingerprint density at radius 1 is 1.39 bits per heavy atom. The van der Waals surface area contributed by atoms with E-state index >= 15 is 0 Å². The molecule has 7 heteroatoms. The van der Waals surface area contributed by atoms with Crippen molar-refractivity contribution < 1.29 is 13.2 Å². The SMILES string of the molecule is CCN(CCC(=O)Nc1ccc(C#N)cc1)C1CCS(=O)(=O)C1. The van der Waals surface area contributed by atoms with Gasteiger partial charge in [-0.15, -0.1) is 0 Å². The molecule has 1 aliphatic rings. The van der Waals surface area contributed by atoms with Gasteiger partial charge in [-0.3, -0.25) is 9.69 Å². The number of carbonyl (C=O) groups excluding carboxylic acids is 1. The third kappa shape index (κ3) is 5.05. The predicted octanol–water partition coefficient (Wildman–Crippen LogP) is 1.40. The topological polar surface area (TPSA) is 90.3 Å². The minimum atomic E-state index is -2.91. The highest BCUT2D eigenvalue weighted by atomic mass is 32.2. The number of hydrogen-bond acceptors (Lipinski definition) is 5. The molecule has 1 fully saturated rings. The molecule has 2 rings (SSSR count). The molecule has 1 aromatic carbocycles. The Morgan fingerprint density at radius 3 is 2.61 bits per heavy atom. The summed E-state index contributed by atoms with van der Waals surface area (Å²) in [5.74, 6) is 0.318. The fourth-order valence-electron chi connectivity index (χ4n) is 2.76. The molecule has 1 heterocycles. The number of anilines is 1. The van der Waals surface area contributed by atoms with Crippen LogP contribution in [0.15, 0.2) is 24.3 Å². The highest BCUT2D eigenvalue weighted by Gasteiger charge is 2.31. The van der Waals surface area contributed by atoms with E-state index < -0.39 is 9.84 Å². The van der Waals surface area contributed by atoms with Gasteiger partial charge in [0.2, 0.25) is 5.91 Å². The van der Waals surface area contributed by atoms with E-state index in [9.17, 15) is 13.2 Å². The summed E-state index contributed by atoms with van der Waals surface area (Å²) < 4.78 is 23.1. The molecule has 6 nitrogen and oxygen atoms in total. The Kier molecular flexibility index (Phi) is 5.74. The van der Waals surface area contributed by atoms with Crippen LogP contribution >= 0.6 is 0 Å². The zero-order valence-corrected chi connectivity index (χ0v) is 14.0. The molecule has 1 unspecified atom stereocenters. The van der Waals surface area contributed by atoms with E-state index in [1.54, 1.807) is 24.3 Å². The Balaban J connectivity index is 1.83. The Bertz CT molecular complexity index is 692. The number of amides is 1. The van der Waals surface area contributed by atoms with Crippen LogP contribution in [0, 0.1) is 11.3 Å². The molecule has 0 saturated carbocycles. The summed E-state index contributed by atoms with van der Waals surface area (Å²) in [4.78, 5) is 14.1. The van der Waals surface area contributed by atoms with Crippen molar-refractivity contribution in [3.8, 4) is 6.07 Å². The Labute approximate surface area is 137 Å². The van der Waals surface area contributed by atoms with Gasteiger partial charge in [0.15, 0.2) is 9.84 Å². The molecule has 0 aliphatic carbocycles. The Hall–Kier alpha value is -1.91. The van der Waals surface area contributed by atoms with Crippen molar-refractivity contribution in [3.63, 3.8) is 0 Å². The van der Waals surface area contributed by atoms with Crippen LogP contribution in [0.1, 0.15) is 25.3 Å². The molecule has 1 saturated heterocycles. The molecule has 0 aromatic heterocycles. The van der Waals surface area contributed by atoms with E-state index in [2.05, 4.69) is 10.2 Å². The molecule has 0 bridgehead atoms. The Morgan fingerprint density at radius 2 is 2.09 bits per heavy atom. The van der Waals surface area contributed by atoms with Crippen LogP contribution in [-0.2, 0) is 14.6 Å². The van der Waals surface area contributed by atoms with Gasteiger partial charge in [0.05, 0.1) is 23.1 Å². The molecule has 0 radical (unpaired) electrons. The highest BCUT2D eigenvalue weighted by molar-refractivity contribution is 7.91. The number of benzene rings is 1. The molecule has 1 amide bonds. The van der Waals surface area contributed by atoms with Crippen LogP contribution in [0.25, 0.3) is 0 Å². The summed E-state index contributed by atoms with van der Waals surface area (Å²) >= 11 is 0. The van der Waals surface area contributed by atoms with Crippen molar-refractivity contribution >= 4 is 21.4 Å². The summed E-state index contributed by atoms with van der Waals surface area (Å²) in [5.41, 5.74) is 1.20. The molecule has 1 N–H and O–H groups in total. The van der Waals surface area contributed by atoms with E-state index in [0.717, 1.165) is 6.54 Å². The highest BCUT2D eigenvalue weighted by Crippen LogP contribution is 2.18. The molecule has 1 aliphatic heterocycles. The summed E-state index contributed by atoms with van der Waals surface area (Å²) in [6.45, 7) is 3.24. The molecular weight excluding hydrogens is 314 g/mol. The maximum absolute atomic E-state index is 12.0. The van der Waals surface area contributed by atoms with Crippen molar-refractivity contribution in [3.05, 3.63) is 29.8 Å². The van der Waals surface area contributed by atoms with Crippen molar-refractivity contribution in [2.45, 2.75) is 25.8 Å². The third-order valence-electron chi connectivity index (χ3n) is 4.05. The number of nitrogens with zero attached hydrogens (tertiary/aromatic N) is 2. The largest absolute Gasteiger partial charge is 0.326 e. The van der Waals surface area contributed by atoms with Crippen molar-refractivity contribution in [1.82, 2.24) is 4.90 Å².